The Balaban J connectivity index is 1.48. The molecule has 0 radical (unpaired) electrons. The maximum Gasteiger partial charge on any atom is 0.136 e. The summed E-state index contributed by atoms with van der Waals surface area (Å²) in [5.41, 5.74) is 2.54. The van der Waals surface area contributed by atoms with Crippen molar-refractivity contribution in [2.75, 3.05) is 50.9 Å². The van der Waals surface area contributed by atoms with Crippen molar-refractivity contribution in [3.63, 3.8) is 0 Å². The second-order valence-electron chi connectivity index (χ2n) is 6.70. The van der Waals surface area contributed by atoms with E-state index in [4.69, 9.17) is 9.47 Å². The van der Waals surface area contributed by atoms with E-state index >= 15 is 0 Å². The van der Waals surface area contributed by atoms with Crippen LogP contribution in [0.2, 0.25) is 0 Å². The van der Waals surface area contributed by atoms with Crippen molar-refractivity contribution >= 4 is 5.82 Å². The first-order valence-corrected chi connectivity index (χ1v) is 8.89. The summed E-state index contributed by atoms with van der Waals surface area (Å²) in [7, 11) is 0. The Labute approximate surface area is 137 Å². The standard InChI is InChI=1S/C17H26N4O2/c1-2-8-23-14(3-1)11-20-5-4-16-15(12-20)17(19-13-18-16)21-6-9-22-10-7-21/h13-14H,1-12H2/t14-/m1/s1. The van der Waals surface area contributed by atoms with Crippen molar-refractivity contribution in [3.05, 3.63) is 17.6 Å². The van der Waals surface area contributed by atoms with Crippen LogP contribution in [0.3, 0.4) is 0 Å². The van der Waals surface area contributed by atoms with Crippen LogP contribution in [0.5, 0.6) is 0 Å². The molecule has 0 unspecified atom stereocenters. The van der Waals surface area contributed by atoms with Crippen molar-refractivity contribution in [2.45, 2.75) is 38.3 Å². The fourth-order valence-electron chi connectivity index (χ4n) is 3.83. The van der Waals surface area contributed by atoms with Gasteiger partial charge in [-0.25, -0.2) is 9.97 Å². The van der Waals surface area contributed by atoms with Gasteiger partial charge in [0, 0.05) is 51.3 Å². The summed E-state index contributed by atoms with van der Waals surface area (Å²) in [6.45, 7) is 7.42. The van der Waals surface area contributed by atoms with Gasteiger partial charge in [0.25, 0.3) is 0 Å². The Hall–Kier alpha value is -1.24. The van der Waals surface area contributed by atoms with Crippen molar-refractivity contribution in [1.82, 2.24) is 14.9 Å². The predicted octanol–water partition coefficient (Wildman–Crippen LogP) is 1.24. The van der Waals surface area contributed by atoms with E-state index in [1.165, 1.54) is 30.5 Å². The van der Waals surface area contributed by atoms with E-state index in [0.29, 0.717) is 6.10 Å². The largest absolute Gasteiger partial charge is 0.378 e. The zero-order chi connectivity index (χ0) is 15.5. The average Bonchev–Trinajstić information content (AvgIpc) is 2.63. The average molecular weight is 318 g/mol. The van der Waals surface area contributed by atoms with Crippen LogP contribution in [0.15, 0.2) is 6.33 Å². The lowest BCUT2D eigenvalue weighted by atomic mass is 10.0. The molecule has 1 atom stereocenters. The quantitative estimate of drug-likeness (QED) is 0.836. The molecule has 0 aliphatic carbocycles. The third kappa shape index (κ3) is 3.49. The van der Waals surface area contributed by atoms with Crippen LogP contribution in [-0.2, 0) is 22.4 Å². The van der Waals surface area contributed by atoms with Crippen molar-refractivity contribution < 1.29 is 9.47 Å². The smallest absolute Gasteiger partial charge is 0.136 e. The highest BCUT2D eigenvalue weighted by molar-refractivity contribution is 5.49. The van der Waals surface area contributed by atoms with Gasteiger partial charge in [-0.2, -0.15) is 0 Å². The normalized spacial score (nSPS) is 26.1. The van der Waals surface area contributed by atoms with Gasteiger partial charge in [-0.1, -0.05) is 0 Å². The Kier molecular flexibility index (Phi) is 4.73. The Bertz CT molecular complexity index is 527. The topological polar surface area (TPSA) is 50.7 Å². The summed E-state index contributed by atoms with van der Waals surface area (Å²) < 4.78 is 11.4. The molecule has 4 rings (SSSR count). The molecule has 1 aromatic heterocycles. The molecule has 0 spiro atoms. The molecule has 23 heavy (non-hydrogen) atoms. The molecule has 2 fully saturated rings. The SMILES string of the molecule is c1nc2c(c(N3CCOCC3)n1)CN(C[C@H]1CCCCO1)CC2. The van der Waals surface area contributed by atoms with E-state index in [1.54, 1.807) is 6.33 Å². The number of ether oxygens (including phenoxy) is 2. The van der Waals surface area contributed by atoms with Crippen LogP contribution >= 0.6 is 0 Å². The Morgan fingerprint density at radius 1 is 1.09 bits per heavy atom. The molecule has 3 aliphatic rings. The molecule has 0 saturated carbocycles. The van der Waals surface area contributed by atoms with Crippen molar-refractivity contribution in [2.24, 2.45) is 0 Å². The van der Waals surface area contributed by atoms with Gasteiger partial charge in [0.2, 0.25) is 0 Å². The number of hydrogen-bond donors (Lipinski definition) is 0. The number of rotatable bonds is 3. The Morgan fingerprint density at radius 2 is 2.00 bits per heavy atom. The summed E-state index contributed by atoms with van der Waals surface area (Å²) >= 11 is 0. The number of anilines is 1. The highest BCUT2D eigenvalue weighted by Gasteiger charge is 2.26. The van der Waals surface area contributed by atoms with Crippen LogP contribution in [0.25, 0.3) is 0 Å². The van der Waals surface area contributed by atoms with Crippen LogP contribution < -0.4 is 4.90 Å². The number of hydrogen-bond acceptors (Lipinski definition) is 6. The van der Waals surface area contributed by atoms with Crippen molar-refractivity contribution in [1.29, 1.82) is 0 Å². The summed E-state index contributed by atoms with van der Waals surface area (Å²) in [4.78, 5) is 14.0. The monoisotopic (exact) mass is 318 g/mol. The minimum atomic E-state index is 0.404. The lowest BCUT2D eigenvalue weighted by Gasteiger charge is -2.35. The minimum Gasteiger partial charge on any atom is -0.378 e. The summed E-state index contributed by atoms with van der Waals surface area (Å²) in [5.74, 6) is 1.12. The zero-order valence-corrected chi connectivity index (χ0v) is 13.7. The first-order chi connectivity index (χ1) is 11.4. The molecule has 4 heterocycles. The lowest BCUT2D eigenvalue weighted by Crippen LogP contribution is -2.42. The van der Waals surface area contributed by atoms with E-state index in [1.807, 2.05) is 0 Å². The molecule has 2 saturated heterocycles. The van der Waals surface area contributed by atoms with Gasteiger partial charge in [-0.3, -0.25) is 4.90 Å². The van der Waals surface area contributed by atoms with Gasteiger partial charge >= 0.3 is 0 Å². The second kappa shape index (κ2) is 7.11. The first-order valence-electron chi connectivity index (χ1n) is 8.89. The molecule has 3 aliphatic heterocycles. The van der Waals surface area contributed by atoms with Gasteiger partial charge in [0.15, 0.2) is 0 Å². The van der Waals surface area contributed by atoms with E-state index < -0.39 is 0 Å². The van der Waals surface area contributed by atoms with Crippen LogP contribution in [-0.4, -0.2) is 67.0 Å². The molecule has 0 amide bonds. The highest BCUT2D eigenvalue weighted by atomic mass is 16.5. The number of nitrogens with zero attached hydrogens (tertiary/aromatic N) is 4. The van der Waals surface area contributed by atoms with E-state index in [9.17, 15) is 0 Å². The molecular weight excluding hydrogens is 292 g/mol. The molecular formula is C17H26N4O2. The van der Waals surface area contributed by atoms with Gasteiger partial charge in [0.05, 0.1) is 25.0 Å². The first kappa shape index (κ1) is 15.3. The molecule has 126 valence electrons. The fourth-order valence-corrected chi connectivity index (χ4v) is 3.83. The summed E-state index contributed by atoms with van der Waals surface area (Å²) in [5, 5.41) is 0. The number of morpholine rings is 1. The molecule has 6 heteroatoms. The third-order valence-electron chi connectivity index (χ3n) is 5.10. The van der Waals surface area contributed by atoms with Gasteiger partial charge < -0.3 is 14.4 Å². The lowest BCUT2D eigenvalue weighted by molar-refractivity contribution is -0.00813. The van der Waals surface area contributed by atoms with Gasteiger partial charge in [-0.05, 0) is 19.3 Å². The van der Waals surface area contributed by atoms with Crippen LogP contribution in [0, 0.1) is 0 Å². The Morgan fingerprint density at radius 3 is 2.83 bits per heavy atom. The molecule has 0 aromatic carbocycles. The summed E-state index contributed by atoms with van der Waals surface area (Å²) in [6.07, 6.45) is 6.86. The van der Waals surface area contributed by atoms with Gasteiger partial charge in [-0.15, -0.1) is 0 Å². The highest BCUT2D eigenvalue weighted by Crippen LogP contribution is 2.27. The fraction of sp³-hybridized carbons (Fsp3) is 0.765. The van der Waals surface area contributed by atoms with Gasteiger partial charge in [0.1, 0.15) is 12.1 Å². The van der Waals surface area contributed by atoms with Crippen molar-refractivity contribution in [3.8, 4) is 0 Å². The summed E-state index contributed by atoms with van der Waals surface area (Å²) in [6, 6.07) is 0. The zero-order valence-electron chi connectivity index (χ0n) is 13.7. The second-order valence-corrected chi connectivity index (χ2v) is 6.70. The van der Waals surface area contributed by atoms with Crippen LogP contribution in [0.1, 0.15) is 30.5 Å². The van der Waals surface area contributed by atoms with E-state index in [2.05, 4.69) is 19.8 Å². The third-order valence-corrected chi connectivity index (χ3v) is 5.10. The maximum absolute atomic E-state index is 5.92. The molecule has 1 aromatic rings. The van der Waals surface area contributed by atoms with Crippen LogP contribution in [0.4, 0.5) is 5.82 Å². The van der Waals surface area contributed by atoms with E-state index in [0.717, 1.165) is 64.8 Å². The minimum absolute atomic E-state index is 0.404. The maximum atomic E-state index is 5.92. The molecule has 0 bridgehead atoms. The molecule has 6 nitrogen and oxygen atoms in total. The number of aromatic nitrogens is 2. The molecule has 0 N–H and O–H groups in total. The van der Waals surface area contributed by atoms with E-state index in [-0.39, 0.29) is 0 Å². The number of fused-ring (bicyclic) bond motifs is 1. The predicted molar refractivity (Wildman–Crippen MR) is 87.6 cm³/mol.